The number of nitrogens with one attached hydrogen (secondary N) is 1. The number of nitrogens with zero attached hydrogens (tertiary/aromatic N) is 2. The predicted molar refractivity (Wildman–Crippen MR) is 113 cm³/mol. The number of amides is 1. The highest BCUT2D eigenvalue weighted by Gasteiger charge is 2.33. The molecule has 0 aliphatic heterocycles. The zero-order chi connectivity index (χ0) is 22.1. The number of sulfonamides is 1. The van der Waals surface area contributed by atoms with Crippen LogP contribution in [0.1, 0.15) is 10.3 Å². The molecule has 4 N–H and O–H groups in total. The third kappa shape index (κ3) is 5.30. The van der Waals surface area contributed by atoms with Crippen molar-refractivity contribution in [3.63, 3.8) is 0 Å². The summed E-state index contributed by atoms with van der Waals surface area (Å²) in [5.74, 6) is -1.49. The first kappa shape index (κ1) is 22.1. The smallest absolute Gasteiger partial charge is 0.245 e. The molecular weight excluding hydrogens is 452 g/mol. The largest absolute Gasteiger partial charge is 0.493 e. The fraction of sp³-hybridized carbons (Fsp3) is 0.235. The Hall–Kier alpha value is -2.61. The van der Waals surface area contributed by atoms with Gasteiger partial charge in [-0.25, -0.2) is 31.9 Å². The van der Waals surface area contributed by atoms with Crippen LogP contribution in [0.2, 0.25) is 0 Å². The van der Waals surface area contributed by atoms with E-state index in [4.69, 9.17) is 5.14 Å². The molecule has 2 heterocycles. The van der Waals surface area contributed by atoms with Crippen LogP contribution in [0.25, 0.3) is 21.3 Å². The molecule has 13 heteroatoms. The standard InChI is InChI=1S/C17H18N4O6S3/c1-29(24,25)15(16(23)19-6-7-30(18,26)27)17-21-12-4-2-10(8-13(12)28-17)11-3-5-14(22)20-9-11/h2-5,8-9,15H,6-7H2,1H3,(H,19,23)(H,20,22)(H2,18,26,27). The minimum Gasteiger partial charge on any atom is -0.493 e. The average molecular weight is 471 g/mol. The van der Waals surface area contributed by atoms with Crippen LogP contribution in [-0.2, 0) is 24.7 Å². The van der Waals surface area contributed by atoms with Gasteiger partial charge in [-0.3, -0.25) is 4.79 Å². The van der Waals surface area contributed by atoms with Crippen LogP contribution in [0.3, 0.4) is 0 Å². The van der Waals surface area contributed by atoms with E-state index < -0.39 is 36.8 Å². The molecule has 1 atom stereocenters. The Morgan fingerprint density at radius 1 is 1.20 bits per heavy atom. The molecule has 0 saturated heterocycles. The Balaban J connectivity index is 1.93. The van der Waals surface area contributed by atoms with Crippen LogP contribution in [0.4, 0.5) is 0 Å². The van der Waals surface area contributed by atoms with Crippen molar-refractivity contribution in [2.75, 3.05) is 18.6 Å². The molecule has 0 aliphatic carbocycles. The van der Waals surface area contributed by atoms with E-state index in [9.17, 15) is 26.7 Å². The Morgan fingerprint density at radius 3 is 2.50 bits per heavy atom. The van der Waals surface area contributed by atoms with Gasteiger partial charge in [0.2, 0.25) is 21.8 Å². The fourth-order valence-electron chi connectivity index (χ4n) is 2.69. The van der Waals surface area contributed by atoms with Crippen LogP contribution in [0, 0.1) is 0 Å². The van der Waals surface area contributed by atoms with Crippen molar-refractivity contribution in [1.82, 2.24) is 15.3 Å². The number of carbonyl (C=O) groups is 1. The predicted octanol–water partition coefficient (Wildman–Crippen LogP) is 0.554. The van der Waals surface area contributed by atoms with Crippen molar-refractivity contribution in [2.45, 2.75) is 5.25 Å². The first-order valence-electron chi connectivity index (χ1n) is 8.47. The summed E-state index contributed by atoms with van der Waals surface area (Å²) in [6.45, 7) is -0.313. The number of hydrogen-bond donors (Lipinski definition) is 3. The summed E-state index contributed by atoms with van der Waals surface area (Å²) in [6, 6.07) is 8.37. The van der Waals surface area contributed by atoms with Crippen LogP contribution in [0.5, 0.6) is 5.88 Å². The number of nitrogens with two attached hydrogens (primary N) is 1. The number of fused-ring (bicyclic) bond motifs is 1. The summed E-state index contributed by atoms with van der Waals surface area (Å²) < 4.78 is 47.2. The Kier molecular flexibility index (Phi) is 6.08. The lowest BCUT2D eigenvalue weighted by Crippen LogP contribution is -2.37. The maximum atomic E-state index is 12.5. The van der Waals surface area contributed by atoms with Gasteiger partial charge in [-0.1, -0.05) is 6.07 Å². The molecule has 0 fully saturated rings. The zero-order valence-electron chi connectivity index (χ0n) is 15.6. The molecular formula is C17H18N4O6S3. The number of benzene rings is 1. The third-order valence-corrected chi connectivity index (χ3v) is 7.36. The second-order valence-electron chi connectivity index (χ2n) is 6.51. The lowest BCUT2D eigenvalue weighted by Gasteiger charge is -2.12. The lowest BCUT2D eigenvalue weighted by atomic mass is 10.1. The summed E-state index contributed by atoms with van der Waals surface area (Å²) in [4.78, 5) is 20.6. The molecule has 160 valence electrons. The summed E-state index contributed by atoms with van der Waals surface area (Å²) in [7, 11) is -7.68. The van der Waals surface area contributed by atoms with Gasteiger partial charge in [0.15, 0.2) is 15.1 Å². The van der Waals surface area contributed by atoms with E-state index >= 15 is 0 Å². The number of thiazole rings is 1. The molecule has 3 rings (SSSR count). The van der Waals surface area contributed by atoms with Crippen molar-refractivity contribution < 1.29 is 26.7 Å². The van der Waals surface area contributed by atoms with Gasteiger partial charge in [-0.2, -0.15) is 0 Å². The molecule has 1 amide bonds. The van der Waals surface area contributed by atoms with Gasteiger partial charge in [0.25, 0.3) is 0 Å². The quantitative estimate of drug-likeness (QED) is 0.449. The average Bonchev–Trinajstić information content (AvgIpc) is 3.02. The topological polar surface area (TPSA) is 169 Å². The minimum atomic E-state index is -3.88. The highest BCUT2D eigenvalue weighted by Crippen LogP contribution is 2.33. The number of aromatic hydroxyl groups is 1. The highest BCUT2D eigenvalue weighted by molar-refractivity contribution is 7.91. The van der Waals surface area contributed by atoms with E-state index in [0.29, 0.717) is 10.2 Å². The lowest BCUT2D eigenvalue weighted by molar-refractivity contribution is -0.120. The second-order valence-corrected chi connectivity index (χ2v) is 11.4. The molecule has 1 unspecified atom stereocenters. The molecule has 0 saturated carbocycles. The zero-order valence-corrected chi connectivity index (χ0v) is 18.1. The second kappa shape index (κ2) is 8.26. The van der Waals surface area contributed by atoms with Crippen molar-refractivity contribution in [1.29, 1.82) is 0 Å². The maximum absolute atomic E-state index is 12.5. The Bertz CT molecular complexity index is 1300. The first-order valence-corrected chi connectivity index (χ1v) is 13.0. The molecule has 0 radical (unpaired) electrons. The summed E-state index contributed by atoms with van der Waals surface area (Å²) in [6.07, 6.45) is 2.41. The van der Waals surface area contributed by atoms with Gasteiger partial charge in [0, 0.05) is 30.6 Å². The SMILES string of the molecule is CS(=O)(=O)C(C(=O)NCCS(N)(=O)=O)c1nc2ccc(-c3ccc(O)nc3)cc2s1. The van der Waals surface area contributed by atoms with Gasteiger partial charge < -0.3 is 10.4 Å². The number of primary sulfonamides is 1. The van der Waals surface area contributed by atoms with Crippen LogP contribution in [-0.4, -0.2) is 56.4 Å². The van der Waals surface area contributed by atoms with Crippen molar-refractivity contribution >= 4 is 47.3 Å². The van der Waals surface area contributed by atoms with Crippen LogP contribution in [0.15, 0.2) is 36.5 Å². The number of carbonyl (C=O) groups excluding carboxylic acids is 1. The molecule has 0 aliphatic rings. The molecule has 0 bridgehead atoms. The highest BCUT2D eigenvalue weighted by atomic mass is 32.2. The van der Waals surface area contributed by atoms with Gasteiger partial charge in [0.1, 0.15) is 5.01 Å². The van der Waals surface area contributed by atoms with Crippen molar-refractivity contribution in [2.24, 2.45) is 5.14 Å². The van der Waals surface area contributed by atoms with Crippen molar-refractivity contribution in [3.05, 3.63) is 41.5 Å². The molecule has 30 heavy (non-hydrogen) atoms. The normalized spacial score (nSPS) is 13.3. The summed E-state index contributed by atoms with van der Waals surface area (Å²) in [5.41, 5.74) is 2.03. The maximum Gasteiger partial charge on any atom is 0.245 e. The van der Waals surface area contributed by atoms with Crippen LogP contribution >= 0.6 is 11.3 Å². The fourth-order valence-corrected chi connectivity index (χ4v) is 5.62. The molecule has 10 nitrogen and oxygen atoms in total. The van der Waals surface area contributed by atoms with E-state index in [1.807, 2.05) is 0 Å². The Labute approximate surface area is 176 Å². The number of aromatic nitrogens is 2. The van der Waals surface area contributed by atoms with Crippen molar-refractivity contribution in [3.8, 4) is 17.0 Å². The van der Waals surface area contributed by atoms with Gasteiger partial charge >= 0.3 is 0 Å². The van der Waals surface area contributed by atoms with Gasteiger partial charge in [0.05, 0.1) is 16.0 Å². The van der Waals surface area contributed by atoms with Gasteiger partial charge in [-0.15, -0.1) is 11.3 Å². The summed E-state index contributed by atoms with van der Waals surface area (Å²) >= 11 is 1.05. The van der Waals surface area contributed by atoms with E-state index in [2.05, 4.69) is 15.3 Å². The van der Waals surface area contributed by atoms with Gasteiger partial charge in [-0.05, 0) is 23.8 Å². The first-order chi connectivity index (χ1) is 13.9. The molecule has 3 aromatic rings. The van der Waals surface area contributed by atoms with E-state index in [0.717, 1.165) is 28.7 Å². The third-order valence-electron chi connectivity index (χ3n) is 4.06. The van der Waals surface area contributed by atoms with E-state index in [-0.39, 0.29) is 17.4 Å². The number of rotatable bonds is 7. The number of sulfone groups is 1. The molecule has 1 aromatic carbocycles. The number of hydrogen-bond acceptors (Lipinski definition) is 9. The monoisotopic (exact) mass is 470 g/mol. The summed E-state index contributed by atoms with van der Waals surface area (Å²) in [5, 5.41) is 15.0. The molecule has 2 aromatic heterocycles. The minimum absolute atomic E-state index is 0.0709. The van der Waals surface area contributed by atoms with E-state index in [1.165, 1.54) is 12.3 Å². The number of pyridine rings is 1. The van der Waals surface area contributed by atoms with Crippen LogP contribution < -0.4 is 10.5 Å². The van der Waals surface area contributed by atoms with E-state index in [1.54, 1.807) is 24.3 Å². The Morgan fingerprint density at radius 2 is 1.90 bits per heavy atom. The molecule has 0 spiro atoms.